The zero-order chi connectivity index (χ0) is 15.5. The summed E-state index contributed by atoms with van der Waals surface area (Å²) in [4.78, 5) is 29.9. The van der Waals surface area contributed by atoms with Crippen molar-refractivity contribution in [2.75, 3.05) is 6.54 Å². The normalized spacial score (nSPS) is 20.5. The minimum absolute atomic E-state index is 0.0195. The highest BCUT2D eigenvalue weighted by atomic mass is 16.4. The summed E-state index contributed by atoms with van der Waals surface area (Å²) in [5.41, 5.74) is 2.00. The Morgan fingerprint density at radius 1 is 1.41 bits per heavy atom. The summed E-state index contributed by atoms with van der Waals surface area (Å²) in [7, 11) is 0. The van der Waals surface area contributed by atoms with E-state index in [1.165, 1.54) is 0 Å². The number of amides is 1. The number of aromatic amines is 1. The molecule has 1 fully saturated rings. The molecule has 1 aliphatic carbocycles. The number of pyridine rings is 1. The molecular formula is C16H19N3O3. The van der Waals surface area contributed by atoms with Gasteiger partial charge in [-0.3, -0.25) is 9.59 Å². The highest BCUT2D eigenvalue weighted by molar-refractivity contribution is 5.81. The Morgan fingerprint density at radius 3 is 3.00 bits per heavy atom. The van der Waals surface area contributed by atoms with E-state index in [2.05, 4.69) is 15.3 Å². The van der Waals surface area contributed by atoms with E-state index in [9.17, 15) is 9.59 Å². The smallest absolute Gasteiger partial charge is 0.303 e. The minimum atomic E-state index is -0.781. The predicted molar refractivity (Wildman–Crippen MR) is 81.3 cm³/mol. The van der Waals surface area contributed by atoms with Gasteiger partial charge in [0.2, 0.25) is 5.91 Å². The molecule has 1 aliphatic rings. The van der Waals surface area contributed by atoms with Crippen LogP contribution in [0.2, 0.25) is 0 Å². The first-order valence-electron chi connectivity index (χ1n) is 7.54. The van der Waals surface area contributed by atoms with Crippen molar-refractivity contribution in [1.82, 2.24) is 15.3 Å². The molecule has 2 heterocycles. The third kappa shape index (κ3) is 3.10. The Bertz CT molecular complexity index is 689. The number of aliphatic carboxylic acids is 1. The summed E-state index contributed by atoms with van der Waals surface area (Å²) in [5.74, 6) is -0.599. The van der Waals surface area contributed by atoms with E-state index in [-0.39, 0.29) is 24.2 Å². The molecule has 0 radical (unpaired) electrons. The number of nitrogens with zero attached hydrogens (tertiary/aromatic N) is 1. The van der Waals surface area contributed by atoms with Crippen molar-refractivity contribution in [3.63, 3.8) is 0 Å². The standard InChI is InChI=1S/C16H19N3O3/c20-14(21)8-10-6-12(7-10)16(22)18-5-3-11-9-19-15-13(11)2-1-4-17-15/h1-2,4,9-10,12H,3,5-8H2,(H,17,19)(H,18,22)(H,20,21). The molecule has 3 rings (SSSR count). The third-order valence-corrected chi connectivity index (χ3v) is 4.30. The summed E-state index contributed by atoms with van der Waals surface area (Å²) < 4.78 is 0. The molecule has 22 heavy (non-hydrogen) atoms. The number of carboxylic acid groups (broad SMARTS) is 1. The fourth-order valence-electron chi connectivity index (χ4n) is 3.05. The van der Waals surface area contributed by atoms with Gasteiger partial charge in [-0.25, -0.2) is 4.98 Å². The lowest BCUT2D eigenvalue weighted by Gasteiger charge is -2.33. The van der Waals surface area contributed by atoms with E-state index in [0.717, 1.165) is 23.0 Å². The molecule has 1 saturated carbocycles. The fourth-order valence-corrected chi connectivity index (χ4v) is 3.05. The first kappa shape index (κ1) is 14.6. The largest absolute Gasteiger partial charge is 0.481 e. The molecule has 2 aromatic rings. The Labute approximate surface area is 127 Å². The summed E-state index contributed by atoms with van der Waals surface area (Å²) in [6.45, 7) is 0.584. The molecule has 6 nitrogen and oxygen atoms in total. The van der Waals surface area contributed by atoms with E-state index in [1.807, 2.05) is 18.3 Å². The van der Waals surface area contributed by atoms with Crippen molar-refractivity contribution in [2.24, 2.45) is 11.8 Å². The van der Waals surface area contributed by atoms with Crippen LogP contribution in [0.3, 0.4) is 0 Å². The average Bonchev–Trinajstić information content (AvgIpc) is 2.85. The maximum atomic E-state index is 12.0. The number of carbonyl (C=O) groups is 2. The van der Waals surface area contributed by atoms with Gasteiger partial charge in [0.15, 0.2) is 0 Å². The van der Waals surface area contributed by atoms with Gasteiger partial charge in [-0.15, -0.1) is 0 Å². The summed E-state index contributed by atoms with van der Waals surface area (Å²) in [6, 6.07) is 3.91. The molecular weight excluding hydrogens is 282 g/mol. The monoisotopic (exact) mass is 301 g/mol. The molecule has 2 aromatic heterocycles. The van der Waals surface area contributed by atoms with Crippen LogP contribution in [0.1, 0.15) is 24.8 Å². The van der Waals surface area contributed by atoms with Crippen LogP contribution in [0.4, 0.5) is 0 Å². The van der Waals surface area contributed by atoms with Crippen LogP contribution >= 0.6 is 0 Å². The van der Waals surface area contributed by atoms with Crippen molar-refractivity contribution in [2.45, 2.75) is 25.7 Å². The summed E-state index contributed by atoms with van der Waals surface area (Å²) >= 11 is 0. The average molecular weight is 301 g/mol. The van der Waals surface area contributed by atoms with Gasteiger partial charge in [-0.05, 0) is 42.9 Å². The second kappa shape index (κ2) is 6.17. The van der Waals surface area contributed by atoms with Gasteiger partial charge in [-0.2, -0.15) is 0 Å². The van der Waals surface area contributed by atoms with Crippen molar-refractivity contribution in [3.8, 4) is 0 Å². The zero-order valence-electron chi connectivity index (χ0n) is 12.2. The van der Waals surface area contributed by atoms with Crippen molar-refractivity contribution >= 4 is 22.9 Å². The van der Waals surface area contributed by atoms with Crippen molar-refractivity contribution < 1.29 is 14.7 Å². The number of aromatic nitrogens is 2. The number of hydrogen-bond acceptors (Lipinski definition) is 3. The van der Waals surface area contributed by atoms with E-state index < -0.39 is 5.97 Å². The van der Waals surface area contributed by atoms with Crippen LogP contribution < -0.4 is 5.32 Å². The highest BCUT2D eigenvalue weighted by Gasteiger charge is 2.35. The molecule has 0 aliphatic heterocycles. The lowest BCUT2D eigenvalue weighted by Crippen LogP contribution is -2.40. The maximum absolute atomic E-state index is 12.0. The van der Waals surface area contributed by atoms with Gasteiger partial charge < -0.3 is 15.4 Å². The third-order valence-electron chi connectivity index (χ3n) is 4.30. The van der Waals surface area contributed by atoms with Crippen LogP contribution in [-0.2, 0) is 16.0 Å². The molecule has 0 aromatic carbocycles. The molecule has 0 bridgehead atoms. The van der Waals surface area contributed by atoms with Crippen LogP contribution in [0, 0.1) is 11.8 Å². The number of carbonyl (C=O) groups excluding carboxylic acids is 1. The van der Waals surface area contributed by atoms with Gasteiger partial charge in [0.1, 0.15) is 5.65 Å². The summed E-state index contributed by atoms with van der Waals surface area (Å²) in [5, 5.41) is 12.7. The lowest BCUT2D eigenvalue weighted by atomic mass is 9.73. The minimum Gasteiger partial charge on any atom is -0.481 e. The molecule has 6 heteroatoms. The summed E-state index contributed by atoms with van der Waals surface area (Å²) in [6.07, 6.45) is 5.98. The van der Waals surface area contributed by atoms with Gasteiger partial charge >= 0.3 is 5.97 Å². The first-order chi connectivity index (χ1) is 10.6. The second-order valence-corrected chi connectivity index (χ2v) is 5.89. The second-order valence-electron chi connectivity index (χ2n) is 5.89. The quantitative estimate of drug-likeness (QED) is 0.757. The highest BCUT2D eigenvalue weighted by Crippen LogP contribution is 2.36. The number of carboxylic acids is 1. The Morgan fingerprint density at radius 2 is 2.23 bits per heavy atom. The zero-order valence-corrected chi connectivity index (χ0v) is 12.2. The van der Waals surface area contributed by atoms with Crippen LogP contribution in [-0.4, -0.2) is 33.5 Å². The van der Waals surface area contributed by atoms with E-state index in [1.54, 1.807) is 6.20 Å². The number of hydrogen-bond donors (Lipinski definition) is 3. The molecule has 0 atom stereocenters. The van der Waals surface area contributed by atoms with Crippen LogP contribution in [0.5, 0.6) is 0 Å². The number of fused-ring (bicyclic) bond motifs is 1. The topological polar surface area (TPSA) is 95.1 Å². The van der Waals surface area contributed by atoms with E-state index in [0.29, 0.717) is 19.4 Å². The Balaban J connectivity index is 1.44. The number of H-pyrrole nitrogens is 1. The first-order valence-corrected chi connectivity index (χ1v) is 7.54. The van der Waals surface area contributed by atoms with Crippen LogP contribution in [0.25, 0.3) is 11.0 Å². The van der Waals surface area contributed by atoms with Crippen molar-refractivity contribution in [3.05, 3.63) is 30.1 Å². The fraction of sp³-hybridized carbons (Fsp3) is 0.438. The SMILES string of the molecule is O=C(O)CC1CC(C(=O)NCCc2c[nH]c3ncccc23)C1. The lowest BCUT2D eigenvalue weighted by molar-refractivity contribution is -0.141. The molecule has 116 valence electrons. The van der Waals surface area contributed by atoms with Gasteiger partial charge in [0, 0.05) is 36.7 Å². The molecule has 0 spiro atoms. The number of nitrogens with one attached hydrogen (secondary N) is 2. The van der Waals surface area contributed by atoms with Gasteiger partial charge in [0.05, 0.1) is 0 Å². The Kier molecular flexibility index (Phi) is 4.09. The van der Waals surface area contributed by atoms with Gasteiger partial charge in [-0.1, -0.05) is 0 Å². The number of rotatable bonds is 6. The molecule has 0 unspecified atom stereocenters. The van der Waals surface area contributed by atoms with Crippen LogP contribution in [0.15, 0.2) is 24.5 Å². The van der Waals surface area contributed by atoms with Crippen molar-refractivity contribution in [1.29, 1.82) is 0 Å². The van der Waals surface area contributed by atoms with E-state index >= 15 is 0 Å². The molecule has 0 saturated heterocycles. The molecule has 3 N–H and O–H groups in total. The van der Waals surface area contributed by atoms with E-state index in [4.69, 9.17) is 5.11 Å². The Hall–Kier alpha value is -2.37. The maximum Gasteiger partial charge on any atom is 0.303 e. The predicted octanol–water partition coefficient (Wildman–Crippen LogP) is 1.72. The van der Waals surface area contributed by atoms with Gasteiger partial charge in [0.25, 0.3) is 0 Å². The molecule has 1 amide bonds.